The molecule has 1 N–H and O–H groups in total. The molecular weight excluding hydrogens is 260 g/mol. The lowest BCUT2D eigenvalue weighted by molar-refractivity contribution is 0.386. The highest BCUT2D eigenvalue weighted by Gasteiger charge is 2.11. The van der Waals surface area contributed by atoms with Crippen molar-refractivity contribution in [3.05, 3.63) is 39.7 Å². The molecule has 0 radical (unpaired) electrons. The minimum absolute atomic E-state index is 0.128. The van der Waals surface area contributed by atoms with Gasteiger partial charge < -0.3 is 8.60 Å². The van der Waals surface area contributed by atoms with E-state index in [4.69, 9.17) is 8.97 Å². The summed E-state index contributed by atoms with van der Waals surface area (Å²) in [6.07, 6.45) is 0. The van der Waals surface area contributed by atoms with E-state index in [0.717, 1.165) is 5.56 Å². The minimum atomic E-state index is -4.59. The Hall–Kier alpha value is -1.86. The zero-order valence-corrected chi connectivity index (χ0v) is 10.4. The normalized spacial score (nSPS) is 11.7. The molecule has 2 rings (SSSR count). The van der Waals surface area contributed by atoms with Gasteiger partial charge in [0.2, 0.25) is 0 Å². The van der Waals surface area contributed by atoms with Gasteiger partial charge in [0.05, 0.1) is 0 Å². The smallest absolute Gasteiger partial charge is 0.422 e. The van der Waals surface area contributed by atoms with E-state index in [9.17, 15) is 13.2 Å². The fourth-order valence-corrected chi connectivity index (χ4v) is 1.95. The van der Waals surface area contributed by atoms with Gasteiger partial charge in [-0.3, -0.25) is 4.55 Å². The van der Waals surface area contributed by atoms with Crippen molar-refractivity contribution in [2.75, 3.05) is 0 Å². The Bertz CT molecular complexity index is 772. The first-order chi connectivity index (χ1) is 8.28. The zero-order chi connectivity index (χ0) is 13.5. The summed E-state index contributed by atoms with van der Waals surface area (Å²) in [6, 6.07) is 4.15. The molecule has 0 amide bonds. The molecule has 0 unspecified atom stereocenters. The molecule has 1 aromatic heterocycles. The standard InChI is InChI=1S/C11H10O6S/c1-6-7(2)11(12)16-10-5-8(3-4-9(6)10)17-18(13,14)15/h3-5H,1-2H3,(H,13,14,15). The van der Waals surface area contributed by atoms with Gasteiger partial charge in [-0.1, -0.05) is 0 Å². The van der Waals surface area contributed by atoms with Gasteiger partial charge in [-0.05, 0) is 31.5 Å². The summed E-state index contributed by atoms with van der Waals surface area (Å²) in [5, 5.41) is 0.676. The third-order valence-corrected chi connectivity index (χ3v) is 3.03. The zero-order valence-electron chi connectivity index (χ0n) is 9.63. The van der Waals surface area contributed by atoms with Crippen LogP contribution in [0.25, 0.3) is 11.0 Å². The van der Waals surface area contributed by atoms with E-state index in [-0.39, 0.29) is 11.3 Å². The van der Waals surface area contributed by atoms with Crippen molar-refractivity contribution >= 4 is 21.4 Å². The summed E-state index contributed by atoms with van der Waals surface area (Å²) in [5.74, 6) is -0.128. The Morgan fingerprint density at radius 3 is 2.50 bits per heavy atom. The summed E-state index contributed by atoms with van der Waals surface area (Å²) in [6.45, 7) is 3.40. The molecule has 0 bridgehead atoms. The average molecular weight is 270 g/mol. The average Bonchev–Trinajstić information content (AvgIpc) is 2.23. The van der Waals surface area contributed by atoms with Gasteiger partial charge in [0.25, 0.3) is 0 Å². The molecule has 0 aliphatic carbocycles. The Kier molecular flexibility index (Phi) is 2.88. The van der Waals surface area contributed by atoms with Crippen molar-refractivity contribution in [2.45, 2.75) is 13.8 Å². The summed E-state index contributed by atoms with van der Waals surface area (Å²) in [5.41, 5.74) is 0.943. The summed E-state index contributed by atoms with van der Waals surface area (Å²) < 4.78 is 39.0. The van der Waals surface area contributed by atoms with Crippen LogP contribution in [0.3, 0.4) is 0 Å². The summed E-state index contributed by atoms with van der Waals surface area (Å²) in [7, 11) is -4.59. The third-order valence-electron chi connectivity index (χ3n) is 2.63. The van der Waals surface area contributed by atoms with Crippen LogP contribution in [0.4, 0.5) is 0 Å². The van der Waals surface area contributed by atoms with Crippen molar-refractivity contribution in [3.63, 3.8) is 0 Å². The molecule has 1 heterocycles. The lowest BCUT2D eigenvalue weighted by Gasteiger charge is -2.06. The molecule has 96 valence electrons. The largest absolute Gasteiger partial charge is 0.446 e. The fraction of sp³-hybridized carbons (Fsp3) is 0.182. The second kappa shape index (κ2) is 4.11. The quantitative estimate of drug-likeness (QED) is 0.658. The number of hydrogen-bond donors (Lipinski definition) is 1. The maximum absolute atomic E-state index is 11.5. The van der Waals surface area contributed by atoms with Crippen molar-refractivity contribution < 1.29 is 21.6 Å². The van der Waals surface area contributed by atoms with Crippen LogP contribution in [0.1, 0.15) is 11.1 Å². The second-order valence-corrected chi connectivity index (χ2v) is 4.83. The van der Waals surface area contributed by atoms with Crippen LogP contribution in [0.5, 0.6) is 5.75 Å². The van der Waals surface area contributed by atoms with E-state index in [2.05, 4.69) is 4.18 Å². The molecule has 0 aliphatic heterocycles. The van der Waals surface area contributed by atoms with E-state index >= 15 is 0 Å². The molecule has 0 fully saturated rings. The van der Waals surface area contributed by atoms with Gasteiger partial charge in [0.15, 0.2) is 0 Å². The third kappa shape index (κ3) is 2.36. The van der Waals surface area contributed by atoms with Crippen LogP contribution in [0.15, 0.2) is 27.4 Å². The number of rotatable bonds is 2. The first kappa shape index (κ1) is 12.6. The molecule has 0 aliphatic rings. The van der Waals surface area contributed by atoms with E-state index in [1.165, 1.54) is 12.1 Å². The summed E-state index contributed by atoms with van der Waals surface area (Å²) >= 11 is 0. The predicted molar refractivity (Wildman–Crippen MR) is 64.1 cm³/mol. The monoisotopic (exact) mass is 270 g/mol. The lowest BCUT2D eigenvalue weighted by atomic mass is 10.1. The van der Waals surface area contributed by atoms with Gasteiger partial charge in [-0.2, -0.15) is 8.42 Å². The molecular formula is C11H10O6S. The van der Waals surface area contributed by atoms with Crippen LogP contribution in [-0.4, -0.2) is 13.0 Å². The van der Waals surface area contributed by atoms with Crippen molar-refractivity contribution in [1.82, 2.24) is 0 Å². The van der Waals surface area contributed by atoms with Crippen molar-refractivity contribution in [2.24, 2.45) is 0 Å². The molecule has 0 spiro atoms. The molecule has 0 saturated heterocycles. The molecule has 7 heteroatoms. The SMILES string of the molecule is Cc1c(C)c2ccc(OS(=O)(=O)O)cc2oc1=O. The minimum Gasteiger partial charge on any atom is -0.422 e. The topological polar surface area (TPSA) is 93.8 Å². The van der Waals surface area contributed by atoms with Crippen LogP contribution in [0.2, 0.25) is 0 Å². The van der Waals surface area contributed by atoms with E-state index in [1.54, 1.807) is 19.9 Å². The predicted octanol–water partition coefficient (Wildman–Crippen LogP) is 1.59. The Morgan fingerprint density at radius 1 is 1.22 bits per heavy atom. The van der Waals surface area contributed by atoms with Crippen LogP contribution >= 0.6 is 0 Å². The van der Waals surface area contributed by atoms with Gasteiger partial charge in [0.1, 0.15) is 11.3 Å². The number of hydrogen-bond acceptors (Lipinski definition) is 5. The van der Waals surface area contributed by atoms with Gasteiger partial charge in [-0.25, -0.2) is 4.79 Å². The van der Waals surface area contributed by atoms with Gasteiger partial charge >= 0.3 is 16.0 Å². The number of benzene rings is 1. The second-order valence-electron chi connectivity index (χ2n) is 3.81. The Labute approximate surface area is 103 Å². The first-order valence-corrected chi connectivity index (χ1v) is 6.35. The summed E-state index contributed by atoms with van der Waals surface area (Å²) in [4.78, 5) is 11.5. The number of aryl methyl sites for hydroxylation is 1. The Morgan fingerprint density at radius 2 is 1.89 bits per heavy atom. The highest BCUT2D eigenvalue weighted by molar-refractivity contribution is 7.81. The molecule has 1 aromatic carbocycles. The van der Waals surface area contributed by atoms with Crippen LogP contribution in [0, 0.1) is 13.8 Å². The van der Waals surface area contributed by atoms with Gasteiger partial charge in [0, 0.05) is 17.0 Å². The number of fused-ring (bicyclic) bond motifs is 1. The fourth-order valence-electron chi connectivity index (χ4n) is 1.60. The maximum Gasteiger partial charge on any atom is 0.446 e. The Balaban J connectivity index is 2.67. The first-order valence-electron chi connectivity index (χ1n) is 4.99. The van der Waals surface area contributed by atoms with Gasteiger partial charge in [-0.15, -0.1) is 0 Å². The molecule has 0 atom stereocenters. The van der Waals surface area contributed by atoms with Crippen LogP contribution in [-0.2, 0) is 10.4 Å². The van der Waals surface area contributed by atoms with Crippen molar-refractivity contribution in [3.8, 4) is 5.75 Å². The maximum atomic E-state index is 11.5. The highest BCUT2D eigenvalue weighted by atomic mass is 32.3. The van der Waals surface area contributed by atoms with Crippen LogP contribution < -0.4 is 9.81 Å². The molecule has 6 nitrogen and oxygen atoms in total. The molecule has 18 heavy (non-hydrogen) atoms. The van der Waals surface area contributed by atoms with E-state index in [1.807, 2.05) is 0 Å². The molecule has 0 saturated carbocycles. The lowest BCUT2D eigenvalue weighted by Crippen LogP contribution is -2.08. The molecule has 2 aromatic rings. The van der Waals surface area contributed by atoms with Crippen molar-refractivity contribution in [1.29, 1.82) is 0 Å². The highest BCUT2D eigenvalue weighted by Crippen LogP contribution is 2.24. The van der Waals surface area contributed by atoms with E-state index < -0.39 is 16.0 Å². The van der Waals surface area contributed by atoms with E-state index in [0.29, 0.717) is 10.9 Å².